The summed E-state index contributed by atoms with van der Waals surface area (Å²) in [5.41, 5.74) is 0. The van der Waals surface area contributed by atoms with Gasteiger partial charge in [-0.1, -0.05) is 39.0 Å². The smallest absolute Gasteiger partial charge is 0.303 e. The highest BCUT2D eigenvalue weighted by Gasteiger charge is 2.15. The zero-order valence-corrected chi connectivity index (χ0v) is 13.7. The van der Waals surface area contributed by atoms with Crippen molar-refractivity contribution in [1.29, 1.82) is 0 Å². The Morgan fingerprint density at radius 2 is 1.86 bits per heavy atom. The van der Waals surface area contributed by atoms with E-state index >= 15 is 0 Å². The molecule has 1 heterocycles. The van der Waals surface area contributed by atoms with Gasteiger partial charge in [-0.2, -0.15) is 0 Å². The number of hydrogen-bond donors (Lipinski definition) is 1. The lowest BCUT2D eigenvalue weighted by atomic mass is 10.1. The first-order chi connectivity index (χ1) is 10.2. The number of aliphatic carboxylic acids is 1. The van der Waals surface area contributed by atoms with E-state index in [4.69, 9.17) is 5.11 Å². The van der Waals surface area contributed by atoms with Crippen LogP contribution in [0.2, 0.25) is 0 Å². The van der Waals surface area contributed by atoms with Gasteiger partial charge in [-0.05, 0) is 19.8 Å². The molecule has 0 unspecified atom stereocenters. The first-order valence-corrected chi connectivity index (χ1v) is 8.48. The molecule has 120 valence electrons. The molecule has 0 spiro atoms. The first kappa shape index (κ1) is 17.7. The first-order valence-electron chi connectivity index (χ1n) is 8.48. The molecule has 0 bridgehead atoms. The Morgan fingerprint density at radius 1 is 1.14 bits per heavy atom. The molecule has 0 amide bonds. The van der Waals surface area contributed by atoms with E-state index in [0.29, 0.717) is 6.42 Å². The SMILES string of the molecule is CCCCCCCCc1n(CC)cc[n+]1CCCC(=O)O. The van der Waals surface area contributed by atoms with Crippen molar-refractivity contribution >= 4 is 5.97 Å². The van der Waals surface area contributed by atoms with Gasteiger partial charge in [0.25, 0.3) is 5.82 Å². The van der Waals surface area contributed by atoms with Crippen molar-refractivity contribution in [3.63, 3.8) is 0 Å². The number of hydrogen-bond acceptors (Lipinski definition) is 1. The average molecular weight is 295 g/mol. The third kappa shape index (κ3) is 6.78. The quantitative estimate of drug-likeness (QED) is 0.473. The van der Waals surface area contributed by atoms with Crippen LogP contribution in [0.15, 0.2) is 12.4 Å². The molecule has 4 heteroatoms. The molecule has 0 saturated carbocycles. The van der Waals surface area contributed by atoms with Gasteiger partial charge >= 0.3 is 5.97 Å². The van der Waals surface area contributed by atoms with Gasteiger partial charge < -0.3 is 5.11 Å². The molecule has 0 aliphatic rings. The number of carboxylic acids is 1. The summed E-state index contributed by atoms with van der Waals surface area (Å²) in [6.07, 6.45) is 14.1. The molecule has 0 aliphatic carbocycles. The molecule has 1 N–H and O–H groups in total. The van der Waals surface area contributed by atoms with E-state index in [9.17, 15) is 4.79 Å². The Morgan fingerprint density at radius 3 is 2.52 bits per heavy atom. The minimum absolute atomic E-state index is 0.251. The topological polar surface area (TPSA) is 46.1 Å². The van der Waals surface area contributed by atoms with Gasteiger partial charge in [0.15, 0.2) is 0 Å². The second-order valence-electron chi connectivity index (χ2n) is 5.71. The van der Waals surface area contributed by atoms with Crippen molar-refractivity contribution in [1.82, 2.24) is 4.57 Å². The van der Waals surface area contributed by atoms with Crippen LogP contribution in [0.3, 0.4) is 0 Å². The molecule has 21 heavy (non-hydrogen) atoms. The van der Waals surface area contributed by atoms with Crippen molar-refractivity contribution in [3.05, 3.63) is 18.2 Å². The van der Waals surface area contributed by atoms with E-state index in [1.165, 1.54) is 44.3 Å². The number of aryl methyl sites for hydroxylation is 2. The van der Waals surface area contributed by atoms with Crippen LogP contribution in [0.5, 0.6) is 0 Å². The predicted octanol–water partition coefficient (Wildman–Crippen LogP) is 3.56. The fourth-order valence-electron chi connectivity index (χ4n) is 2.74. The van der Waals surface area contributed by atoms with Crippen LogP contribution >= 0.6 is 0 Å². The monoisotopic (exact) mass is 295 g/mol. The number of imidazole rings is 1. The van der Waals surface area contributed by atoms with Gasteiger partial charge in [0.05, 0.1) is 13.1 Å². The molecule has 0 saturated heterocycles. The lowest BCUT2D eigenvalue weighted by Gasteiger charge is -2.04. The largest absolute Gasteiger partial charge is 0.481 e. The number of carbonyl (C=O) groups is 1. The number of aromatic nitrogens is 2. The van der Waals surface area contributed by atoms with Crippen LogP contribution in [0.25, 0.3) is 0 Å². The zero-order chi connectivity index (χ0) is 15.5. The molecule has 0 aromatic carbocycles. The molecule has 0 fully saturated rings. The van der Waals surface area contributed by atoms with Gasteiger partial charge in [0.2, 0.25) is 0 Å². The average Bonchev–Trinajstić information content (AvgIpc) is 2.84. The van der Waals surface area contributed by atoms with Crippen molar-refractivity contribution in [2.45, 2.75) is 84.7 Å². The van der Waals surface area contributed by atoms with E-state index in [-0.39, 0.29) is 6.42 Å². The fourth-order valence-corrected chi connectivity index (χ4v) is 2.74. The van der Waals surface area contributed by atoms with Crippen LogP contribution < -0.4 is 4.57 Å². The van der Waals surface area contributed by atoms with Crippen LogP contribution in [-0.2, 0) is 24.3 Å². The molecule has 1 aromatic heterocycles. The van der Waals surface area contributed by atoms with Crippen LogP contribution in [-0.4, -0.2) is 15.6 Å². The second-order valence-corrected chi connectivity index (χ2v) is 5.71. The molecule has 4 nitrogen and oxygen atoms in total. The van der Waals surface area contributed by atoms with Crippen LogP contribution in [0.4, 0.5) is 0 Å². The molecule has 0 aliphatic heterocycles. The van der Waals surface area contributed by atoms with Crippen molar-refractivity contribution < 1.29 is 14.5 Å². The third-order valence-corrected chi connectivity index (χ3v) is 3.97. The van der Waals surface area contributed by atoms with Gasteiger partial charge in [-0.15, -0.1) is 0 Å². The van der Waals surface area contributed by atoms with Crippen LogP contribution in [0.1, 0.15) is 71.0 Å². The maximum Gasteiger partial charge on any atom is 0.303 e. The Kier molecular flexibility index (Phi) is 8.79. The predicted molar refractivity (Wildman–Crippen MR) is 84.3 cm³/mol. The number of carboxylic acid groups (broad SMARTS) is 1. The van der Waals surface area contributed by atoms with Gasteiger partial charge in [0, 0.05) is 12.8 Å². The van der Waals surface area contributed by atoms with Gasteiger partial charge in [-0.25, -0.2) is 9.13 Å². The van der Waals surface area contributed by atoms with Crippen LogP contribution in [0, 0.1) is 0 Å². The third-order valence-electron chi connectivity index (χ3n) is 3.97. The Labute approximate surface area is 128 Å². The lowest BCUT2D eigenvalue weighted by Crippen LogP contribution is -2.37. The zero-order valence-electron chi connectivity index (χ0n) is 13.7. The minimum atomic E-state index is -0.706. The Balaban J connectivity index is 2.42. The van der Waals surface area contributed by atoms with E-state index in [1.807, 2.05) is 0 Å². The molecular weight excluding hydrogens is 264 g/mol. The maximum atomic E-state index is 10.6. The summed E-state index contributed by atoms with van der Waals surface area (Å²) >= 11 is 0. The maximum absolute atomic E-state index is 10.6. The minimum Gasteiger partial charge on any atom is -0.481 e. The summed E-state index contributed by atoms with van der Waals surface area (Å²) in [6.45, 7) is 6.20. The molecule has 0 radical (unpaired) electrons. The van der Waals surface area contributed by atoms with Crippen molar-refractivity contribution in [3.8, 4) is 0 Å². The molecule has 0 atom stereocenters. The summed E-state index contributed by atoms with van der Waals surface area (Å²) in [5.74, 6) is 0.640. The summed E-state index contributed by atoms with van der Waals surface area (Å²) < 4.78 is 4.52. The van der Waals surface area contributed by atoms with E-state index in [1.54, 1.807) is 0 Å². The summed E-state index contributed by atoms with van der Waals surface area (Å²) in [7, 11) is 0. The summed E-state index contributed by atoms with van der Waals surface area (Å²) in [5, 5.41) is 8.74. The highest BCUT2D eigenvalue weighted by molar-refractivity contribution is 5.66. The molecule has 1 rings (SSSR count). The normalized spacial score (nSPS) is 11.0. The number of nitrogens with zero attached hydrogens (tertiary/aromatic N) is 2. The fraction of sp³-hybridized carbons (Fsp3) is 0.765. The number of unbranched alkanes of at least 4 members (excludes halogenated alkanes) is 5. The van der Waals surface area contributed by atoms with E-state index < -0.39 is 5.97 Å². The highest BCUT2D eigenvalue weighted by atomic mass is 16.4. The number of rotatable bonds is 12. The summed E-state index contributed by atoms with van der Waals surface area (Å²) in [6, 6.07) is 0. The van der Waals surface area contributed by atoms with E-state index in [0.717, 1.165) is 19.5 Å². The van der Waals surface area contributed by atoms with Crippen molar-refractivity contribution in [2.24, 2.45) is 0 Å². The van der Waals surface area contributed by atoms with Crippen molar-refractivity contribution in [2.75, 3.05) is 0 Å². The van der Waals surface area contributed by atoms with E-state index in [2.05, 4.69) is 35.4 Å². The highest BCUT2D eigenvalue weighted by Crippen LogP contribution is 2.09. The molecular formula is C17H31N2O2+. The van der Waals surface area contributed by atoms with Gasteiger partial charge in [-0.3, -0.25) is 4.79 Å². The van der Waals surface area contributed by atoms with Gasteiger partial charge in [0.1, 0.15) is 12.4 Å². The molecule has 1 aromatic rings. The summed E-state index contributed by atoms with van der Waals surface area (Å²) in [4.78, 5) is 10.6. The lowest BCUT2D eigenvalue weighted by molar-refractivity contribution is -0.704. The standard InChI is InChI=1S/C17H30N2O2/c1-3-5-6-7-8-9-11-16-18(4-2)14-15-19(16)13-10-12-17(20)21/h14-15H,3-13H2,1-2H3/p+1. The second kappa shape index (κ2) is 10.4. The Hall–Kier alpha value is -1.32. The Bertz CT molecular complexity index is 413.